The Hall–Kier alpha value is -2.97. The first-order valence-corrected chi connectivity index (χ1v) is 10.5. The van der Waals surface area contributed by atoms with Crippen LogP contribution in [-0.4, -0.2) is 28.1 Å². The van der Waals surface area contributed by atoms with E-state index in [4.69, 9.17) is 5.26 Å². The van der Waals surface area contributed by atoms with Crippen LogP contribution in [0.25, 0.3) is 10.9 Å². The fourth-order valence-corrected chi connectivity index (χ4v) is 4.52. The van der Waals surface area contributed by atoms with Crippen molar-refractivity contribution in [3.05, 3.63) is 83.6 Å². The Bertz CT molecular complexity index is 1050. The minimum Gasteiger partial charge on any atom is -0.361 e. The van der Waals surface area contributed by atoms with E-state index in [1.807, 2.05) is 47.5 Å². The Morgan fingerprint density at radius 3 is 2.82 bits per heavy atom. The highest BCUT2D eigenvalue weighted by Crippen LogP contribution is 2.29. The zero-order valence-electron chi connectivity index (χ0n) is 15.5. The summed E-state index contributed by atoms with van der Waals surface area (Å²) in [4.78, 5) is 18.1. The maximum absolute atomic E-state index is 12.9. The second kappa shape index (κ2) is 8.37. The number of carbonyl (C=O) groups excluding carboxylic acids is 1. The van der Waals surface area contributed by atoms with Gasteiger partial charge in [0.1, 0.15) is 0 Å². The molecule has 0 spiro atoms. The summed E-state index contributed by atoms with van der Waals surface area (Å²) >= 11 is 1.65. The molecule has 1 unspecified atom stereocenters. The third-order valence-electron chi connectivity index (χ3n) is 5.11. The first-order chi connectivity index (χ1) is 13.8. The number of rotatable bonds is 5. The molecule has 28 heavy (non-hydrogen) atoms. The Morgan fingerprint density at radius 2 is 2.00 bits per heavy atom. The number of para-hydroxylation sites is 1. The van der Waals surface area contributed by atoms with Gasteiger partial charge < -0.3 is 9.88 Å². The van der Waals surface area contributed by atoms with Crippen LogP contribution in [0.5, 0.6) is 0 Å². The molecule has 4 rings (SSSR count). The van der Waals surface area contributed by atoms with Crippen molar-refractivity contribution < 1.29 is 4.79 Å². The van der Waals surface area contributed by atoms with Crippen LogP contribution in [0.3, 0.4) is 0 Å². The van der Waals surface area contributed by atoms with Crippen LogP contribution in [0.2, 0.25) is 0 Å². The molecular formula is C23H21N3OS. The monoisotopic (exact) mass is 387 g/mol. The number of nitrogens with zero attached hydrogens (tertiary/aromatic N) is 2. The average Bonchev–Trinajstić information content (AvgIpc) is 3.17. The lowest BCUT2D eigenvalue weighted by atomic mass is 9.98. The second-order valence-electron chi connectivity index (χ2n) is 6.86. The number of carbonyl (C=O) groups is 1. The third-order valence-corrected chi connectivity index (χ3v) is 6.07. The quantitative estimate of drug-likeness (QED) is 0.640. The molecule has 0 fully saturated rings. The molecule has 0 bridgehead atoms. The number of aromatic amines is 1. The number of H-pyrrole nitrogens is 1. The van der Waals surface area contributed by atoms with E-state index in [9.17, 15) is 4.79 Å². The lowest BCUT2D eigenvalue weighted by Crippen LogP contribution is -2.37. The molecule has 0 saturated heterocycles. The van der Waals surface area contributed by atoms with Gasteiger partial charge in [0, 0.05) is 29.4 Å². The highest BCUT2D eigenvalue weighted by atomic mass is 32.2. The Labute approximate surface area is 168 Å². The van der Waals surface area contributed by atoms with E-state index >= 15 is 0 Å². The van der Waals surface area contributed by atoms with Gasteiger partial charge in [0.05, 0.1) is 23.4 Å². The van der Waals surface area contributed by atoms with Crippen molar-refractivity contribution in [2.75, 3.05) is 12.3 Å². The minimum absolute atomic E-state index is 0.0407. The van der Waals surface area contributed by atoms with Crippen LogP contribution >= 0.6 is 11.8 Å². The number of benzene rings is 2. The van der Waals surface area contributed by atoms with Crippen LogP contribution in [0.1, 0.15) is 29.2 Å². The van der Waals surface area contributed by atoms with Crippen LogP contribution < -0.4 is 0 Å². The summed E-state index contributed by atoms with van der Waals surface area (Å²) in [6.07, 6.45) is 7.03. The summed E-state index contributed by atoms with van der Waals surface area (Å²) in [5.41, 5.74) is 4.09. The predicted octanol–water partition coefficient (Wildman–Crippen LogP) is 4.80. The Morgan fingerprint density at radius 1 is 1.18 bits per heavy atom. The molecule has 0 saturated carbocycles. The van der Waals surface area contributed by atoms with E-state index in [2.05, 4.69) is 35.3 Å². The van der Waals surface area contributed by atoms with Gasteiger partial charge in [-0.2, -0.15) is 5.26 Å². The SMILES string of the molecule is N#Cc1ccc(C2CC=CCN2C(=O)CSCc2c[nH]c3ccccc23)cc1. The number of thioether (sulfide) groups is 1. The molecule has 2 aromatic carbocycles. The van der Waals surface area contributed by atoms with E-state index in [0.29, 0.717) is 17.9 Å². The molecule has 0 aliphatic carbocycles. The maximum atomic E-state index is 12.9. The molecule has 1 N–H and O–H groups in total. The number of hydrogen-bond donors (Lipinski definition) is 1. The molecular weight excluding hydrogens is 366 g/mol. The lowest BCUT2D eigenvalue weighted by Gasteiger charge is -2.33. The van der Waals surface area contributed by atoms with E-state index in [1.54, 1.807) is 11.8 Å². The average molecular weight is 388 g/mol. The standard InChI is InChI=1S/C23H21N3OS/c24-13-17-8-10-18(11-9-17)22-7-3-4-12-26(22)23(27)16-28-15-19-14-25-21-6-2-1-5-20(19)21/h1-6,8-11,14,22,25H,7,12,15-16H2. The van der Waals surface area contributed by atoms with Crippen molar-refractivity contribution >= 4 is 28.6 Å². The van der Waals surface area contributed by atoms with E-state index in [0.717, 1.165) is 23.3 Å². The molecule has 140 valence electrons. The molecule has 3 aromatic rings. The van der Waals surface area contributed by atoms with Crippen molar-refractivity contribution in [3.63, 3.8) is 0 Å². The van der Waals surface area contributed by atoms with Gasteiger partial charge in [-0.15, -0.1) is 11.8 Å². The van der Waals surface area contributed by atoms with Crippen molar-refractivity contribution in [2.24, 2.45) is 0 Å². The molecule has 1 aromatic heterocycles. The molecule has 2 heterocycles. The Kier molecular flexibility index (Phi) is 5.50. The highest BCUT2D eigenvalue weighted by molar-refractivity contribution is 7.99. The van der Waals surface area contributed by atoms with E-state index in [-0.39, 0.29) is 11.9 Å². The van der Waals surface area contributed by atoms with E-state index < -0.39 is 0 Å². The summed E-state index contributed by atoms with van der Waals surface area (Å²) in [6.45, 7) is 0.636. The summed E-state index contributed by atoms with van der Waals surface area (Å²) in [5, 5.41) is 10.2. The van der Waals surface area contributed by atoms with Gasteiger partial charge >= 0.3 is 0 Å². The van der Waals surface area contributed by atoms with Crippen molar-refractivity contribution in [1.29, 1.82) is 5.26 Å². The van der Waals surface area contributed by atoms with Crippen LogP contribution in [0, 0.1) is 11.3 Å². The topological polar surface area (TPSA) is 59.9 Å². The number of aromatic nitrogens is 1. The van der Waals surface area contributed by atoms with Gasteiger partial charge in [0.15, 0.2) is 0 Å². The molecule has 4 nitrogen and oxygen atoms in total. The van der Waals surface area contributed by atoms with Crippen LogP contribution in [-0.2, 0) is 10.5 Å². The van der Waals surface area contributed by atoms with Gasteiger partial charge in [-0.1, -0.05) is 42.5 Å². The largest absolute Gasteiger partial charge is 0.361 e. The minimum atomic E-state index is 0.0407. The van der Waals surface area contributed by atoms with E-state index in [1.165, 1.54) is 10.9 Å². The smallest absolute Gasteiger partial charge is 0.233 e. The fourth-order valence-electron chi connectivity index (χ4n) is 3.62. The summed E-state index contributed by atoms with van der Waals surface area (Å²) in [7, 11) is 0. The highest BCUT2D eigenvalue weighted by Gasteiger charge is 2.25. The van der Waals surface area contributed by atoms with Crippen LogP contribution in [0.4, 0.5) is 0 Å². The fraction of sp³-hybridized carbons (Fsp3) is 0.217. The van der Waals surface area contributed by atoms with Crippen LogP contribution in [0.15, 0.2) is 66.9 Å². The second-order valence-corrected chi connectivity index (χ2v) is 7.84. The number of nitriles is 1. The molecule has 0 radical (unpaired) electrons. The number of amides is 1. The third kappa shape index (κ3) is 3.83. The van der Waals surface area contributed by atoms with Crippen molar-refractivity contribution in [3.8, 4) is 6.07 Å². The van der Waals surface area contributed by atoms with Gasteiger partial charge in [-0.05, 0) is 35.7 Å². The number of nitrogens with one attached hydrogen (secondary N) is 1. The van der Waals surface area contributed by atoms with Gasteiger partial charge in [-0.3, -0.25) is 4.79 Å². The summed E-state index contributed by atoms with van der Waals surface area (Å²) < 4.78 is 0. The summed E-state index contributed by atoms with van der Waals surface area (Å²) in [6, 6.07) is 18.0. The number of fused-ring (bicyclic) bond motifs is 1. The van der Waals surface area contributed by atoms with Gasteiger partial charge in [0.25, 0.3) is 0 Å². The lowest BCUT2D eigenvalue weighted by molar-refractivity contribution is -0.130. The molecule has 1 aliphatic heterocycles. The predicted molar refractivity (Wildman–Crippen MR) is 114 cm³/mol. The molecule has 5 heteroatoms. The zero-order valence-corrected chi connectivity index (χ0v) is 16.3. The Balaban J connectivity index is 1.41. The first kappa shape index (κ1) is 18.4. The van der Waals surface area contributed by atoms with Gasteiger partial charge in [0.2, 0.25) is 5.91 Å². The van der Waals surface area contributed by atoms with Crippen molar-refractivity contribution in [2.45, 2.75) is 18.2 Å². The maximum Gasteiger partial charge on any atom is 0.233 e. The first-order valence-electron chi connectivity index (χ1n) is 9.33. The van der Waals surface area contributed by atoms with Gasteiger partial charge in [-0.25, -0.2) is 0 Å². The molecule has 1 amide bonds. The zero-order chi connectivity index (χ0) is 19.3. The van der Waals surface area contributed by atoms with Crippen molar-refractivity contribution in [1.82, 2.24) is 9.88 Å². The normalized spacial score (nSPS) is 16.2. The molecule has 1 aliphatic rings. The summed E-state index contributed by atoms with van der Waals surface area (Å²) in [5.74, 6) is 1.42. The number of hydrogen-bond acceptors (Lipinski definition) is 3. The molecule has 1 atom stereocenters.